The molecule has 0 radical (unpaired) electrons. The monoisotopic (exact) mass is 404 g/mol. The van der Waals surface area contributed by atoms with Gasteiger partial charge in [0.25, 0.3) is 11.4 Å². The Kier molecular flexibility index (Phi) is 9.32. The molecule has 2 rings (SSSR count). The van der Waals surface area contributed by atoms with Gasteiger partial charge in [-0.05, 0) is 24.0 Å². The number of benzene rings is 2. The summed E-state index contributed by atoms with van der Waals surface area (Å²) >= 11 is 0. The van der Waals surface area contributed by atoms with Crippen LogP contribution in [-0.4, -0.2) is 34.4 Å². The minimum Gasteiger partial charge on any atom is -0.368 e. The molecule has 29 heavy (non-hydrogen) atoms. The molecule has 2 atom stereocenters. The molecule has 0 aromatic heterocycles. The van der Waals surface area contributed by atoms with Gasteiger partial charge in [0.1, 0.15) is 0 Å². The van der Waals surface area contributed by atoms with E-state index in [-0.39, 0.29) is 23.8 Å². The maximum absolute atomic E-state index is 10.7. The highest BCUT2D eigenvalue weighted by atomic mass is 16.6. The van der Waals surface area contributed by atoms with Crippen molar-refractivity contribution in [3.8, 4) is 0 Å². The van der Waals surface area contributed by atoms with E-state index in [1.807, 2.05) is 0 Å². The van der Waals surface area contributed by atoms with E-state index in [9.17, 15) is 25.0 Å². The quantitative estimate of drug-likeness (QED) is 0.356. The molecule has 0 aliphatic rings. The zero-order chi connectivity index (χ0) is 22.0. The Morgan fingerprint density at radius 3 is 1.52 bits per heavy atom. The second kappa shape index (κ2) is 11.4. The predicted molar refractivity (Wildman–Crippen MR) is 108 cm³/mol. The van der Waals surface area contributed by atoms with E-state index in [2.05, 4.69) is 0 Å². The zero-order valence-corrected chi connectivity index (χ0v) is 15.6. The normalized spacial score (nSPS) is 12.2. The first kappa shape index (κ1) is 23.6. The van der Waals surface area contributed by atoms with E-state index < -0.39 is 21.8 Å². The molecule has 2 unspecified atom stereocenters. The van der Waals surface area contributed by atoms with Crippen LogP contribution in [0.4, 0.5) is 11.4 Å². The lowest BCUT2D eigenvalue weighted by Gasteiger charge is -2.07. The van der Waals surface area contributed by atoms with Gasteiger partial charge in [-0.1, -0.05) is 24.3 Å². The average Bonchev–Trinajstić information content (AvgIpc) is 2.69. The first-order valence-corrected chi connectivity index (χ1v) is 8.61. The van der Waals surface area contributed by atoms with Gasteiger partial charge in [0.05, 0.1) is 15.9 Å². The van der Waals surface area contributed by atoms with E-state index in [0.717, 1.165) is 11.1 Å². The summed E-state index contributed by atoms with van der Waals surface area (Å²) in [6.07, 6.45) is 0.932. The van der Waals surface area contributed by atoms with Crippen molar-refractivity contribution in [1.29, 1.82) is 0 Å². The average molecular weight is 404 g/mol. The number of primary amides is 1. The zero-order valence-electron chi connectivity index (χ0n) is 15.6. The van der Waals surface area contributed by atoms with Gasteiger partial charge in [-0.15, -0.1) is 0 Å². The van der Waals surface area contributed by atoms with Crippen LogP contribution >= 0.6 is 0 Å². The number of carbonyl (C=O) groups is 1. The molecule has 2 aromatic carbocycles. The lowest BCUT2D eigenvalue weighted by atomic mass is 10.1. The third-order valence-electron chi connectivity index (χ3n) is 3.92. The number of hydrogen-bond donors (Lipinski definition) is 4. The van der Waals surface area contributed by atoms with E-state index in [1.54, 1.807) is 24.3 Å². The molecule has 0 aliphatic heterocycles. The highest BCUT2D eigenvalue weighted by Gasteiger charge is 2.11. The third kappa shape index (κ3) is 8.43. The summed E-state index contributed by atoms with van der Waals surface area (Å²) in [5.41, 5.74) is 23.2. The van der Waals surface area contributed by atoms with E-state index >= 15 is 0 Å². The summed E-state index contributed by atoms with van der Waals surface area (Å²) in [5, 5.41) is 20.7. The van der Waals surface area contributed by atoms with Crippen LogP contribution in [0, 0.1) is 20.2 Å². The standard InChI is InChI=1S/C9H11N3O3.C9H13N3O2/c10-8(9(11)13)5-6-1-3-7(4-2-6)12(14)15;10-6-8(11)5-7-1-3-9(4-2-7)12(13)14/h1-4,8H,5,10H2,(H2,11,13);1-4,8H,5-6,10-11H2. The molecule has 8 N–H and O–H groups in total. The Hall–Kier alpha value is -3.41. The summed E-state index contributed by atoms with van der Waals surface area (Å²) in [5.74, 6) is -0.589. The first-order valence-electron chi connectivity index (χ1n) is 8.61. The molecule has 0 fully saturated rings. The molecule has 156 valence electrons. The number of nitro benzene ring substituents is 2. The minimum atomic E-state index is -0.758. The Bertz CT molecular complexity index is 826. The molecule has 0 heterocycles. The van der Waals surface area contributed by atoms with Crippen LogP contribution in [0.2, 0.25) is 0 Å². The minimum absolute atomic E-state index is 0.00592. The van der Waals surface area contributed by atoms with Crippen molar-refractivity contribution in [2.24, 2.45) is 22.9 Å². The topological polar surface area (TPSA) is 207 Å². The fourth-order valence-corrected chi connectivity index (χ4v) is 2.25. The Morgan fingerprint density at radius 2 is 1.21 bits per heavy atom. The SMILES string of the molecule is NC(=O)C(N)Cc1ccc([N+](=O)[O-])cc1.NCC(N)Cc1ccc([N+](=O)[O-])cc1. The number of nitro groups is 2. The summed E-state index contributed by atoms with van der Waals surface area (Å²) in [6.45, 7) is 0.414. The third-order valence-corrected chi connectivity index (χ3v) is 3.92. The summed E-state index contributed by atoms with van der Waals surface area (Å²) in [6, 6.07) is 11.3. The van der Waals surface area contributed by atoms with Gasteiger partial charge < -0.3 is 22.9 Å². The molecule has 0 bridgehead atoms. The largest absolute Gasteiger partial charge is 0.368 e. The molecular weight excluding hydrogens is 380 g/mol. The molecule has 2 aromatic rings. The number of hydrogen-bond acceptors (Lipinski definition) is 8. The number of nitrogens with two attached hydrogens (primary N) is 4. The van der Waals surface area contributed by atoms with Crippen molar-refractivity contribution in [2.45, 2.75) is 24.9 Å². The lowest BCUT2D eigenvalue weighted by Crippen LogP contribution is -2.38. The van der Waals surface area contributed by atoms with E-state index in [1.165, 1.54) is 24.3 Å². The Labute approximate surface area is 167 Å². The van der Waals surface area contributed by atoms with Gasteiger partial charge >= 0.3 is 0 Å². The van der Waals surface area contributed by atoms with Crippen molar-refractivity contribution < 1.29 is 14.6 Å². The van der Waals surface area contributed by atoms with Gasteiger partial charge in [0, 0.05) is 36.9 Å². The van der Waals surface area contributed by atoms with Crippen molar-refractivity contribution in [2.75, 3.05) is 6.54 Å². The van der Waals surface area contributed by atoms with Gasteiger partial charge in [-0.25, -0.2) is 0 Å². The second-order valence-electron chi connectivity index (χ2n) is 6.26. The second-order valence-corrected chi connectivity index (χ2v) is 6.26. The van der Waals surface area contributed by atoms with Gasteiger partial charge in [-0.3, -0.25) is 25.0 Å². The summed E-state index contributed by atoms with van der Waals surface area (Å²) in [4.78, 5) is 30.5. The van der Waals surface area contributed by atoms with Crippen LogP contribution in [0.5, 0.6) is 0 Å². The maximum atomic E-state index is 10.7. The number of amides is 1. The lowest BCUT2D eigenvalue weighted by molar-refractivity contribution is -0.385. The van der Waals surface area contributed by atoms with Crippen molar-refractivity contribution in [1.82, 2.24) is 0 Å². The highest BCUT2D eigenvalue weighted by molar-refractivity contribution is 5.79. The van der Waals surface area contributed by atoms with Crippen LogP contribution < -0.4 is 22.9 Å². The molecule has 0 aliphatic carbocycles. The molecule has 11 heteroatoms. The Morgan fingerprint density at radius 1 is 0.828 bits per heavy atom. The van der Waals surface area contributed by atoms with Crippen LogP contribution in [0.25, 0.3) is 0 Å². The summed E-state index contributed by atoms with van der Waals surface area (Å²) < 4.78 is 0. The van der Waals surface area contributed by atoms with Gasteiger partial charge in [-0.2, -0.15) is 0 Å². The van der Waals surface area contributed by atoms with E-state index in [4.69, 9.17) is 22.9 Å². The highest BCUT2D eigenvalue weighted by Crippen LogP contribution is 2.13. The number of carbonyl (C=O) groups excluding carboxylic acids is 1. The summed E-state index contributed by atoms with van der Waals surface area (Å²) in [7, 11) is 0. The van der Waals surface area contributed by atoms with Gasteiger partial charge in [0.15, 0.2) is 0 Å². The fourth-order valence-electron chi connectivity index (χ4n) is 2.25. The molecule has 0 saturated heterocycles. The smallest absolute Gasteiger partial charge is 0.269 e. The predicted octanol–water partition coefficient (Wildman–Crippen LogP) is 0.373. The molecule has 11 nitrogen and oxygen atoms in total. The van der Waals surface area contributed by atoms with Crippen LogP contribution in [0.15, 0.2) is 48.5 Å². The van der Waals surface area contributed by atoms with Crippen LogP contribution in [0.1, 0.15) is 11.1 Å². The fraction of sp³-hybridized carbons (Fsp3) is 0.278. The molecule has 0 saturated carbocycles. The van der Waals surface area contributed by atoms with Gasteiger partial charge in [0.2, 0.25) is 5.91 Å². The number of rotatable bonds is 8. The van der Waals surface area contributed by atoms with Crippen molar-refractivity contribution in [3.63, 3.8) is 0 Å². The maximum Gasteiger partial charge on any atom is 0.269 e. The molecular formula is C18H24N6O5. The van der Waals surface area contributed by atoms with Crippen LogP contribution in [0.3, 0.4) is 0 Å². The van der Waals surface area contributed by atoms with Crippen LogP contribution in [-0.2, 0) is 17.6 Å². The first-order chi connectivity index (χ1) is 13.6. The molecule has 0 spiro atoms. The van der Waals surface area contributed by atoms with Crippen molar-refractivity contribution in [3.05, 3.63) is 79.9 Å². The number of nitrogens with zero attached hydrogens (tertiary/aromatic N) is 2. The van der Waals surface area contributed by atoms with Crippen molar-refractivity contribution >= 4 is 17.3 Å². The Balaban J connectivity index is 0.000000291. The molecule has 1 amide bonds. The van der Waals surface area contributed by atoms with E-state index in [0.29, 0.717) is 13.0 Å². The number of non-ortho nitro benzene ring substituents is 2.